The van der Waals surface area contributed by atoms with Gasteiger partial charge in [-0.25, -0.2) is 4.98 Å². The maximum absolute atomic E-state index is 12.2. The number of hydrogen-bond acceptors (Lipinski definition) is 9. The minimum Gasteiger partial charge on any atom is -0.508 e. The Morgan fingerprint density at radius 3 is 2.65 bits per heavy atom. The highest BCUT2D eigenvalue weighted by Crippen LogP contribution is 2.62. The highest BCUT2D eigenvalue weighted by atomic mass is 16.5. The summed E-state index contributed by atoms with van der Waals surface area (Å²) in [7, 11) is 3.15. The van der Waals surface area contributed by atoms with Gasteiger partial charge in [0, 0.05) is 47.1 Å². The fraction of sp³-hybridized carbons (Fsp3) is 0.381. The van der Waals surface area contributed by atoms with Crippen LogP contribution in [0.25, 0.3) is 11.1 Å². The number of methoxy groups -OCH3 is 2. The van der Waals surface area contributed by atoms with Crippen LogP contribution < -0.4 is 19.9 Å². The van der Waals surface area contributed by atoms with Crippen molar-refractivity contribution in [3.8, 4) is 51.7 Å². The molecule has 9 nitrogen and oxygen atoms in total. The second-order valence-corrected chi connectivity index (χ2v) is 14.4. The van der Waals surface area contributed by atoms with Crippen LogP contribution in [0.4, 0.5) is 5.82 Å². The summed E-state index contributed by atoms with van der Waals surface area (Å²) in [5, 5.41) is 21.8. The molecule has 1 aromatic heterocycles. The van der Waals surface area contributed by atoms with Gasteiger partial charge in [0.25, 0.3) is 0 Å². The van der Waals surface area contributed by atoms with E-state index in [1.165, 1.54) is 14.0 Å². The van der Waals surface area contributed by atoms with Gasteiger partial charge in [-0.05, 0) is 102 Å². The summed E-state index contributed by atoms with van der Waals surface area (Å²) in [6, 6.07) is 13.5. The van der Waals surface area contributed by atoms with Crippen LogP contribution in [0.3, 0.4) is 0 Å². The number of fused-ring (bicyclic) bond motifs is 7. The zero-order valence-electron chi connectivity index (χ0n) is 29.4. The molecular formula is C42H42N2O7. The summed E-state index contributed by atoms with van der Waals surface area (Å²) >= 11 is 0. The molecular weight excluding hydrogens is 644 g/mol. The molecule has 262 valence electrons. The minimum atomic E-state index is -0.562. The zero-order chi connectivity index (χ0) is 35.6. The van der Waals surface area contributed by atoms with Crippen molar-refractivity contribution in [2.75, 3.05) is 26.6 Å². The SMILES string of the molecule is CCc1cc2c(nc1N)C#CCc1cc(O)c(OC)cc1[C@H]1Oc3c(ccc4c3[C@]3(CC[C@@H](C2)C3)Cc2cc(O)cc(OC)c2-4)[C@@H]1COC(C)=O. The molecule has 0 amide bonds. The number of nitrogen functional groups attached to an aromatic ring is 1. The number of phenols is 2. The van der Waals surface area contributed by atoms with Crippen LogP contribution in [-0.4, -0.2) is 42.0 Å². The number of phenolic OH excluding ortho intramolecular Hbond substituents is 2. The fourth-order valence-corrected chi connectivity index (χ4v) is 9.21. The molecule has 4 N–H and O–H groups in total. The average molecular weight is 687 g/mol. The zero-order valence-corrected chi connectivity index (χ0v) is 29.4. The van der Waals surface area contributed by atoms with E-state index in [2.05, 4.69) is 37.0 Å². The molecule has 8 rings (SSSR count). The third kappa shape index (κ3) is 5.40. The van der Waals surface area contributed by atoms with E-state index in [1.54, 1.807) is 19.2 Å². The van der Waals surface area contributed by atoms with Crippen molar-refractivity contribution in [3.05, 3.63) is 87.1 Å². The molecule has 1 spiro atoms. The lowest BCUT2D eigenvalue weighted by molar-refractivity contribution is -0.141. The number of hydrogen-bond donors (Lipinski definition) is 3. The van der Waals surface area contributed by atoms with Crippen molar-refractivity contribution in [1.29, 1.82) is 0 Å². The van der Waals surface area contributed by atoms with E-state index >= 15 is 0 Å². The monoisotopic (exact) mass is 686 g/mol. The molecule has 2 aliphatic heterocycles. The van der Waals surface area contributed by atoms with E-state index in [0.717, 1.165) is 87.9 Å². The molecule has 4 bridgehead atoms. The molecule has 3 heterocycles. The first-order valence-electron chi connectivity index (χ1n) is 17.7. The molecule has 3 aromatic carbocycles. The number of aromatic nitrogens is 1. The normalized spacial score (nSPS) is 22.2. The first kappa shape index (κ1) is 32.8. The Labute approximate surface area is 297 Å². The van der Waals surface area contributed by atoms with Gasteiger partial charge in [0.2, 0.25) is 0 Å². The Hall–Kier alpha value is -5.36. The number of aromatic hydroxyl groups is 2. The molecule has 51 heavy (non-hydrogen) atoms. The second-order valence-electron chi connectivity index (χ2n) is 14.4. The van der Waals surface area contributed by atoms with Gasteiger partial charge in [0.15, 0.2) is 11.5 Å². The van der Waals surface area contributed by atoms with Gasteiger partial charge >= 0.3 is 5.97 Å². The highest BCUT2D eigenvalue weighted by Gasteiger charge is 2.51. The van der Waals surface area contributed by atoms with Gasteiger partial charge in [0.1, 0.15) is 41.5 Å². The van der Waals surface area contributed by atoms with Crippen LogP contribution >= 0.6 is 0 Å². The number of esters is 1. The number of carbonyl (C=O) groups is 1. The molecule has 0 radical (unpaired) electrons. The van der Waals surface area contributed by atoms with Crippen molar-refractivity contribution >= 4 is 11.8 Å². The molecule has 4 aromatic rings. The first-order chi connectivity index (χ1) is 24.6. The first-order valence-corrected chi connectivity index (χ1v) is 17.7. The van der Waals surface area contributed by atoms with Crippen LogP contribution in [0.15, 0.2) is 42.5 Å². The van der Waals surface area contributed by atoms with Gasteiger partial charge in [-0.2, -0.15) is 0 Å². The summed E-state index contributed by atoms with van der Waals surface area (Å²) < 4.78 is 24.4. The van der Waals surface area contributed by atoms with Gasteiger partial charge in [0.05, 0.1) is 20.1 Å². The number of aryl methyl sites for hydroxylation is 1. The van der Waals surface area contributed by atoms with Crippen molar-refractivity contribution in [1.82, 2.24) is 4.98 Å². The van der Waals surface area contributed by atoms with Gasteiger partial charge in [-0.15, -0.1) is 0 Å². The number of rotatable bonds is 5. The quantitative estimate of drug-likeness (QED) is 0.152. The van der Waals surface area contributed by atoms with Crippen LogP contribution in [0.5, 0.6) is 28.7 Å². The van der Waals surface area contributed by atoms with Crippen molar-refractivity contribution in [2.45, 2.75) is 76.2 Å². The number of ether oxygens (including phenoxy) is 4. The summed E-state index contributed by atoms with van der Waals surface area (Å²) in [4.78, 5) is 17.0. The molecule has 1 fully saturated rings. The van der Waals surface area contributed by atoms with Gasteiger partial charge < -0.3 is 34.9 Å². The summed E-state index contributed by atoms with van der Waals surface area (Å²) in [5.74, 6) is 8.70. The summed E-state index contributed by atoms with van der Waals surface area (Å²) in [6.45, 7) is 3.61. The maximum atomic E-state index is 12.2. The minimum absolute atomic E-state index is 0.000956. The molecule has 4 aliphatic rings. The van der Waals surface area contributed by atoms with E-state index in [1.807, 2.05) is 12.1 Å². The van der Waals surface area contributed by atoms with Gasteiger partial charge in [-0.3, -0.25) is 4.79 Å². The topological polar surface area (TPSA) is 133 Å². The average Bonchev–Trinajstić information content (AvgIpc) is 3.68. The van der Waals surface area contributed by atoms with E-state index in [9.17, 15) is 15.0 Å². The van der Waals surface area contributed by atoms with Gasteiger partial charge in [-0.1, -0.05) is 25.0 Å². The molecule has 1 saturated carbocycles. The number of anilines is 1. The number of pyridine rings is 1. The van der Waals surface area contributed by atoms with Crippen LogP contribution in [-0.2, 0) is 40.6 Å². The predicted octanol–water partition coefficient (Wildman–Crippen LogP) is 6.85. The third-order valence-electron chi connectivity index (χ3n) is 11.4. The second kappa shape index (κ2) is 12.4. The van der Waals surface area contributed by atoms with Crippen LogP contribution in [0, 0.1) is 17.8 Å². The third-order valence-corrected chi connectivity index (χ3v) is 11.4. The molecule has 0 saturated heterocycles. The number of carbonyl (C=O) groups excluding carboxylic acids is 1. The smallest absolute Gasteiger partial charge is 0.302 e. The van der Waals surface area contributed by atoms with Crippen LogP contribution in [0.1, 0.15) is 89.8 Å². The van der Waals surface area contributed by atoms with E-state index in [0.29, 0.717) is 41.8 Å². The predicted molar refractivity (Wildman–Crippen MR) is 193 cm³/mol. The standard InChI is InChI=1S/C42H42N2O7/c1-5-24-14-26-13-23-11-12-42(19-23)20-27-15-28(46)17-36(49-4)37(27)30-10-9-29-32(21-50-22(2)45)39(51-40(29)38(30)42)31-18-35(48-3)34(47)16-25(31)7-6-8-33(26)44-41(24)43/h9-10,14-18,23,32,39,46-47H,5,7,11-13,19-21H2,1-4H3,(H2,43,44)/t23-,32-,39+,42-/m0/s1. The largest absolute Gasteiger partial charge is 0.508 e. The van der Waals surface area contributed by atoms with Crippen molar-refractivity contribution in [3.63, 3.8) is 0 Å². The number of benzene rings is 3. The highest BCUT2D eigenvalue weighted by molar-refractivity contribution is 5.84. The molecule has 4 atom stereocenters. The summed E-state index contributed by atoms with van der Waals surface area (Å²) in [6.07, 6.45) is 4.84. The molecule has 0 unspecified atom stereocenters. The van der Waals surface area contributed by atoms with E-state index in [-0.39, 0.29) is 35.4 Å². The Kier molecular flexibility index (Phi) is 8.01. The van der Waals surface area contributed by atoms with Crippen LogP contribution in [0.2, 0.25) is 0 Å². The fourth-order valence-electron chi connectivity index (χ4n) is 9.21. The lowest BCUT2D eigenvalue weighted by Gasteiger charge is -2.39. The Morgan fingerprint density at radius 2 is 1.88 bits per heavy atom. The number of nitrogens with two attached hydrogens (primary N) is 1. The molecule has 2 aliphatic carbocycles. The Balaban J connectivity index is 1.40. The van der Waals surface area contributed by atoms with Crippen molar-refractivity contribution in [2.24, 2.45) is 5.92 Å². The lowest BCUT2D eigenvalue weighted by atomic mass is 9.65. The Morgan fingerprint density at radius 1 is 1.06 bits per heavy atom. The Bertz CT molecular complexity index is 2170. The lowest BCUT2D eigenvalue weighted by Crippen LogP contribution is -2.31. The van der Waals surface area contributed by atoms with E-state index in [4.69, 9.17) is 29.7 Å². The summed E-state index contributed by atoms with van der Waals surface area (Å²) in [5.41, 5.74) is 15.6. The molecule has 9 heteroatoms. The van der Waals surface area contributed by atoms with Crippen molar-refractivity contribution < 1.29 is 34.0 Å². The van der Waals surface area contributed by atoms with E-state index < -0.39 is 6.10 Å². The number of nitrogens with zero attached hydrogens (tertiary/aromatic N) is 1. The maximum Gasteiger partial charge on any atom is 0.302 e.